The normalized spacial score (nSPS) is 15.6. The average Bonchev–Trinajstić information content (AvgIpc) is 3.85. The highest BCUT2D eigenvalue weighted by molar-refractivity contribution is 6.24. The van der Waals surface area contributed by atoms with Gasteiger partial charge in [0.15, 0.2) is 11.6 Å². The molecule has 3 amide bonds. The third kappa shape index (κ3) is 6.81. The Balaban J connectivity index is 1.05. The molecule has 4 aromatic carbocycles. The number of aryl methyl sites for hydroxylation is 1. The molecular formula is C41H36F3N7O5. The molecule has 2 aromatic heterocycles. The zero-order chi connectivity index (χ0) is 39.1. The first-order chi connectivity index (χ1) is 27.0. The number of H-pyrrole nitrogens is 1. The lowest BCUT2D eigenvalue weighted by Gasteiger charge is -2.37. The molecule has 8 rings (SSSR count). The summed E-state index contributed by atoms with van der Waals surface area (Å²) in [5.74, 6) is -1.15. The number of nitrogen functional groups attached to an aromatic ring is 1. The molecular weight excluding hydrogens is 727 g/mol. The van der Waals surface area contributed by atoms with Crippen molar-refractivity contribution < 1.29 is 37.0 Å². The largest absolute Gasteiger partial charge is 0.485 e. The van der Waals surface area contributed by atoms with Gasteiger partial charge in [-0.1, -0.05) is 42.5 Å². The second-order valence-electron chi connectivity index (χ2n) is 13.9. The number of halogens is 3. The number of hydrogen-bond acceptors (Lipinski definition) is 8. The average molecular weight is 764 g/mol. The van der Waals surface area contributed by atoms with Crippen LogP contribution in [0.1, 0.15) is 40.0 Å². The number of amides is 3. The number of alkyl halides is 2. The number of para-hydroxylation sites is 1. The number of nitrogens with two attached hydrogens (primary N) is 1. The molecule has 0 unspecified atom stereocenters. The maximum Gasteiger partial charge on any atom is 0.329 e. The SMILES string of the molecule is Cc1cc(Oc2ccccc2F)ccc1-n1ncc(C(=O)c2cc3cc(OCC(F)F)c(N4C(=O)NC5(CCN(Cc6ccccc6)CC5)C4=O)cc3[nH]2)c1N. The molecule has 0 aliphatic carbocycles. The zero-order valence-corrected chi connectivity index (χ0v) is 30.1. The number of carbonyl (C=O) groups is 3. The number of rotatable bonds is 11. The van der Waals surface area contributed by atoms with E-state index >= 15 is 0 Å². The first kappa shape index (κ1) is 36.4. The van der Waals surface area contributed by atoms with Crippen molar-refractivity contribution in [3.8, 4) is 22.9 Å². The number of benzene rings is 4. The second-order valence-corrected chi connectivity index (χ2v) is 13.9. The Kier molecular flexibility index (Phi) is 9.46. The molecule has 56 heavy (non-hydrogen) atoms. The standard InChI is InChI=1S/C41H36F3N7O5/c1-24-17-27(56-34-10-6-5-9-29(34)42)11-12-32(24)51-38(45)28(21-46-51)37(52)31-18-26-19-35(55-23-36(43)44)33(20-30(26)47-31)50-39(53)41(48-40(50)54)13-15-49(16-14-41)22-25-7-3-2-4-8-25/h2-12,17-21,36,47H,13-16,22-23,45H2,1H3,(H,48,54). The second kappa shape index (κ2) is 14.6. The Bertz CT molecular complexity index is 2480. The maximum atomic E-state index is 14.1. The number of fused-ring (bicyclic) bond motifs is 1. The van der Waals surface area contributed by atoms with E-state index in [9.17, 15) is 27.6 Å². The fourth-order valence-corrected chi connectivity index (χ4v) is 7.28. The first-order valence-electron chi connectivity index (χ1n) is 17.9. The Hall–Kier alpha value is -6.61. The van der Waals surface area contributed by atoms with Crippen LogP contribution in [-0.4, -0.2) is 69.0 Å². The summed E-state index contributed by atoms with van der Waals surface area (Å²) in [5.41, 5.74) is 8.15. The Morgan fingerprint density at radius 3 is 2.43 bits per heavy atom. The van der Waals surface area contributed by atoms with Crippen molar-refractivity contribution in [2.24, 2.45) is 0 Å². The Morgan fingerprint density at radius 2 is 1.70 bits per heavy atom. The van der Waals surface area contributed by atoms with Gasteiger partial charge in [0.2, 0.25) is 5.78 Å². The summed E-state index contributed by atoms with van der Waals surface area (Å²) in [5, 5.41) is 7.64. The highest BCUT2D eigenvalue weighted by Gasteiger charge is 2.53. The molecule has 2 aliphatic rings. The predicted molar refractivity (Wildman–Crippen MR) is 202 cm³/mol. The summed E-state index contributed by atoms with van der Waals surface area (Å²) in [6, 6.07) is 24.6. The van der Waals surface area contributed by atoms with Crippen molar-refractivity contribution >= 4 is 40.1 Å². The topological polar surface area (TPSA) is 148 Å². The molecule has 6 aromatic rings. The molecule has 286 valence electrons. The van der Waals surface area contributed by atoms with Gasteiger partial charge in [0.05, 0.1) is 28.8 Å². The highest BCUT2D eigenvalue weighted by atomic mass is 19.3. The van der Waals surface area contributed by atoms with Gasteiger partial charge < -0.3 is 25.5 Å². The van der Waals surface area contributed by atoms with Crippen LogP contribution in [0.5, 0.6) is 17.2 Å². The number of ether oxygens (including phenoxy) is 2. The number of aromatic nitrogens is 3. The minimum Gasteiger partial charge on any atom is -0.485 e. The minimum atomic E-state index is -2.83. The number of likely N-dealkylation sites (tertiary alicyclic amines) is 1. The lowest BCUT2D eigenvalue weighted by molar-refractivity contribution is -0.123. The van der Waals surface area contributed by atoms with Gasteiger partial charge in [-0.25, -0.2) is 27.5 Å². The van der Waals surface area contributed by atoms with Crippen LogP contribution in [0.3, 0.4) is 0 Å². The van der Waals surface area contributed by atoms with Gasteiger partial charge in [-0.15, -0.1) is 0 Å². The number of ketones is 1. The van der Waals surface area contributed by atoms with E-state index in [-0.39, 0.29) is 34.3 Å². The first-order valence-corrected chi connectivity index (χ1v) is 17.9. The van der Waals surface area contributed by atoms with Gasteiger partial charge in [0.25, 0.3) is 12.3 Å². The van der Waals surface area contributed by atoms with Crippen LogP contribution in [0.15, 0.2) is 97.2 Å². The minimum absolute atomic E-state index is 0.0321. The van der Waals surface area contributed by atoms with E-state index in [4.69, 9.17) is 15.2 Å². The maximum absolute atomic E-state index is 14.1. The van der Waals surface area contributed by atoms with Gasteiger partial charge >= 0.3 is 6.03 Å². The van der Waals surface area contributed by atoms with E-state index in [1.165, 1.54) is 41.2 Å². The zero-order valence-electron chi connectivity index (χ0n) is 30.1. The van der Waals surface area contributed by atoms with Crippen LogP contribution in [0, 0.1) is 12.7 Å². The van der Waals surface area contributed by atoms with Crippen molar-refractivity contribution in [3.05, 3.63) is 125 Å². The van der Waals surface area contributed by atoms with Crippen LogP contribution in [0.2, 0.25) is 0 Å². The summed E-state index contributed by atoms with van der Waals surface area (Å²) >= 11 is 0. The summed E-state index contributed by atoms with van der Waals surface area (Å²) < 4.78 is 53.5. The molecule has 1 spiro atoms. The van der Waals surface area contributed by atoms with Gasteiger partial charge in [0.1, 0.15) is 29.5 Å². The number of piperidine rings is 1. The van der Waals surface area contributed by atoms with E-state index in [2.05, 4.69) is 20.3 Å². The van der Waals surface area contributed by atoms with Crippen LogP contribution < -0.4 is 25.4 Å². The molecule has 2 saturated heterocycles. The van der Waals surface area contributed by atoms with E-state index < -0.39 is 42.1 Å². The summed E-state index contributed by atoms with van der Waals surface area (Å²) in [6.07, 6.45) is -0.786. The van der Waals surface area contributed by atoms with Gasteiger partial charge in [-0.05, 0) is 79.4 Å². The number of imide groups is 1. The lowest BCUT2D eigenvalue weighted by atomic mass is 9.87. The molecule has 0 radical (unpaired) electrons. The molecule has 4 heterocycles. The van der Waals surface area contributed by atoms with Crippen molar-refractivity contribution in [3.63, 3.8) is 0 Å². The van der Waals surface area contributed by atoms with E-state index in [1.54, 1.807) is 37.3 Å². The molecule has 2 fully saturated rings. The summed E-state index contributed by atoms with van der Waals surface area (Å²) in [6.45, 7) is 2.62. The van der Waals surface area contributed by atoms with E-state index in [0.29, 0.717) is 60.4 Å². The summed E-state index contributed by atoms with van der Waals surface area (Å²) in [7, 11) is 0. The lowest BCUT2D eigenvalue weighted by Crippen LogP contribution is -2.54. The number of carbonyl (C=O) groups excluding carboxylic acids is 3. The fourth-order valence-electron chi connectivity index (χ4n) is 7.28. The van der Waals surface area contributed by atoms with E-state index in [1.807, 2.05) is 30.3 Å². The van der Waals surface area contributed by atoms with E-state index in [0.717, 1.165) is 10.5 Å². The Morgan fingerprint density at radius 1 is 0.946 bits per heavy atom. The number of nitrogens with one attached hydrogen (secondary N) is 2. The van der Waals surface area contributed by atoms with Crippen molar-refractivity contribution in [2.45, 2.75) is 38.3 Å². The number of anilines is 2. The smallest absolute Gasteiger partial charge is 0.329 e. The van der Waals surface area contributed by atoms with Crippen LogP contribution in [0.25, 0.3) is 16.6 Å². The molecule has 15 heteroatoms. The molecule has 4 N–H and O–H groups in total. The number of aromatic amines is 1. The quantitative estimate of drug-likeness (QED) is 0.0932. The molecule has 0 bridgehead atoms. The molecule has 2 aliphatic heterocycles. The Labute approximate surface area is 318 Å². The van der Waals surface area contributed by atoms with Crippen LogP contribution >= 0.6 is 0 Å². The number of nitrogens with zero attached hydrogens (tertiary/aromatic N) is 4. The number of hydrogen-bond donors (Lipinski definition) is 3. The third-order valence-electron chi connectivity index (χ3n) is 10.2. The number of urea groups is 1. The highest BCUT2D eigenvalue weighted by Crippen LogP contribution is 2.40. The predicted octanol–water partition coefficient (Wildman–Crippen LogP) is 7.14. The van der Waals surface area contributed by atoms with Gasteiger partial charge in [0, 0.05) is 30.5 Å². The van der Waals surface area contributed by atoms with Gasteiger partial charge in [-0.3, -0.25) is 14.5 Å². The summed E-state index contributed by atoms with van der Waals surface area (Å²) in [4.78, 5) is 47.6. The van der Waals surface area contributed by atoms with Crippen molar-refractivity contribution in [1.82, 2.24) is 25.0 Å². The molecule has 0 saturated carbocycles. The van der Waals surface area contributed by atoms with Gasteiger partial charge in [-0.2, -0.15) is 5.10 Å². The third-order valence-corrected chi connectivity index (χ3v) is 10.2. The van der Waals surface area contributed by atoms with Crippen molar-refractivity contribution in [1.29, 1.82) is 0 Å². The molecule has 0 atom stereocenters. The fraction of sp³-hybridized carbons (Fsp3) is 0.220. The van der Waals surface area contributed by atoms with Crippen LogP contribution in [0.4, 0.5) is 29.5 Å². The monoisotopic (exact) mass is 763 g/mol. The molecule has 12 nitrogen and oxygen atoms in total. The van der Waals surface area contributed by atoms with Crippen molar-refractivity contribution in [2.75, 3.05) is 30.3 Å². The van der Waals surface area contributed by atoms with Crippen LogP contribution in [-0.2, 0) is 11.3 Å².